The molecule has 0 aliphatic carbocycles. The molecule has 0 atom stereocenters. The van der Waals surface area contributed by atoms with E-state index in [9.17, 15) is 4.79 Å². The molecule has 0 aliphatic heterocycles. The highest BCUT2D eigenvalue weighted by molar-refractivity contribution is 9.10. The Kier molecular flexibility index (Phi) is 2.39. The molecule has 0 radical (unpaired) electrons. The average Bonchev–Trinajstić information content (AvgIpc) is 2.20. The molecule has 14 heavy (non-hydrogen) atoms. The molecule has 4 heteroatoms. The molecule has 1 heterocycles. The van der Waals surface area contributed by atoms with Crippen molar-refractivity contribution >= 4 is 26.8 Å². The maximum Gasteiger partial charge on any atom is 0.194 e. The van der Waals surface area contributed by atoms with Crippen LogP contribution < -0.4 is 5.43 Å². The number of aromatic amines is 1. The fraction of sp³-hybridized carbons (Fsp3) is 0.100. The Balaban J connectivity index is 2.87. The minimum absolute atomic E-state index is 0.123. The molecule has 2 aromatic rings. The van der Waals surface area contributed by atoms with Crippen molar-refractivity contribution in [3.63, 3.8) is 0 Å². The molecule has 0 amide bonds. The quantitative estimate of drug-likeness (QED) is 0.815. The Morgan fingerprint density at radius 2 is 2.21 bits per heavy atom. The second-order valence-corrected chi connectivity index (χ2v) is 3.91. The minimum atomic E-state index is -0.238. The summed E-state index contributed by atoms with van der Waals surface area (Å²) in [5.41, 5.74) is 1.04. The average molecular weight is 254 g/mol. The highest BCUT2D eigenvalue weighted by Crippen LogP contribution is 2.15. The van der Waals surface area contributed by atoms with Crippen LogP contribution in [0.15, 0.2) is 33.7 Å². The lowest BCUT2D eigenvalue weighted by Gasteiger charge is -2.00. The van der Waals surface area contributed by atoms with Crippen molar-refractivity contribution in [2.45, 2.75) is 6.61 Å². The van der Waals surface area contributed by atoms with Crippen molar-refractivity contribution in [2.24, 2.45) is 0 Å². The molecule has 0 bridgehead atoms. The third kappa shape index (κ3) is 1.47. The molecule has 0 spiro atoms. The first-order chi connectivity index (χ1) is 6.72. The predicted molar refractivity (Wildman–Crippen MR) is 58.2 cm³/mol. The van der Waals surface area contributed by atoms with E-state index in [1.165, 1.54) is 0 Å². The number of hydrogen-bond donors (Lipinski definition) is 2. The predicted octanol–water partition coefficient (Wildman–Crippen LogP) is 1.78. The lowest BCUT2D eigenvalue weighted by atomic mass is 10.1. The van der Waals surface area contributed by atoms with E-state index in [0.29, 0.717) is 10.9 Å². The van der Waals surface area contributed by atoms with E-state index in [0.717, 1.165) is 9.99 Å². The maximum atomic E-state index is 11.7. The largest absolute Gasteiger partial charge is 0.391 e. The van der Waals surface area contributed by atoms with Gasteiger partial charge in [0.2, 0.25) is 0 Å². The van der Waals surface area contributed by atoms with Gasteiger partial charge in [0.05, 0.1) is 6.61 Å². The topological polar surface area (TPSA) is 53.1 Å². The fourth-order valence-electron chi connectivity index (χ4n) is 1.35. The standard InChI is InChI=1S/C10H8BrNO2/c11-7-1-2-9-8(3-7)10(14)6(5-13)4-12-9/h1-4,13H,5H2,(H,12,14). The van der Waals surface area contributed by atoms with Crippen LogP contribution in [-0.4, -0.2) is 10.1 Å². The number of aliphatic hydroxyl groups is 1. The molecule has 1 aromatic carbocycles. The van der Waals surface area contributed by atoms with Gasteiger partial charge in [-0.05, 0) is 18.2 Å². The van der Waals surface area contributed by atoms with Crippen LogP contribution in [0.3, 0.4) is 0 Å². The number of halogens is 1. The van der Waals surface area contributed by atoms with Crippen LogP contribution in [0.2, 0.25) is 0 Å². The third-order valence-electron chi connectivity index (χ3n) is 2.09. The molecule has 0 saturated carbocycles. The smallest absolute Gasteiger partial charge is 0.194 e. The number of aromatic nitrogens is 1. The zero-order chi connectivity index (χ0) is 10.1. The summed E-state index contributed by atoms with van der Waals surface area (Å²) in [5, 5.41) is 9.50. The maximum absolute atomic E-state index is 11.7. The zero-order valence-electron chi connectivity index (χ0n) is 7.25. The molecule has 0 saturated heterocycles. The molecule has 1 aromatic heterocycles. The molecule has 72 valence electrons. The summed E-state index contributed by atoms with van der Waals surface area (Å²) in [7, 11) is 0. The van der Waals surface area contributed by atoms with Crippen LogP contribution in [0.5, 0.6) is 0 Å². The number of rotatable bonds is 1. The fourth-order valence-corrected chi connectivity index (χ4v) is 1.71. The number of fused-ring (bicyclic) bond motifs is 1. The van der Waals surface area contributed by atoms with E-state index in [2.05, 4.69) is 20.9 Å². The van der Waals surface area contributed by atoms with Crippen LogP contribution in [-0.2, 0) is 6.61 Å². The number of pyridine rings is 1. The number of aliphatic hydroxyl groups excluding tert-OH is 1. The first-order valence-electron chi connectivity index (χ1n) is 4.13. The van der Waals surface area contributed by atoms with Crippen molar-refractivity contribution in [3.05, 3.63) is 44.7 Å². The summed E-state index contributed by atoms with van der Waals surface area (Å²) < 4.78 is 0.852. The van der Waals surface area contributed by atoms with Crippen LogP contribution in [0, 0.1) is 0 Å². The lowest BCUT2D eigenvalue weighted by molar-refractivity contribution is 0.280. The van der Waals surface area contributed by atoms with Gasteiger partial charge in [0.15, 0.2) is 5.43 Å². The van der Waals surface area contributed by atoms with Gasteiger partial charge in [-0.1, -0.05) is 15.9 Å². The molecular formula is C10H8BrNO2. The van der Waals surface area contributed by atoms with Crippen molar-refractivity contribution < 1.29 is 5.11 Å². The van der Waals surface area contributed by atoms with Gasteiger partial charge >= 0.3 is 0 Å². The number of H-pyrrole nitrogens is 1. The summed E-state index contributed by atoms with van der Waals surface area (Å²) >= 11 is 3.30. The molecule has 0 unspecified atom stereocenters. The summed E-state index contributed by atoms with van der Waals surface area (Å²) in [6.45, 7) is -0.238. The van der Waals surface area contributed by atoms with Crippen molar-refractivity contribution in [3.8, 4) is 0 Å². The van der Waals surface area contributed by atoms with E-state index < -0.39 is 0 Å². The van der Waals surface area contributed by atoms with Gasteiger partial charge < -0.3 is 10.1 Å². The van der Waals surface area contributed by atoms with Crippen molar-refractivity contribution in [1.29, 1.82) is 0 Å². The monoisotopic (exact) mass is 253 g/mol. The summed E-state index contributed by atoms with van der Waals surface area (Å²) in [4.78, 5) is 14.7. The van der Waals surface area contributed by atoms with Gasteiger partial charge in [0.1, 0.15) is 0 Å². The van der Waals surface area contributed by atoms with Crippen LogP contribution in [0.25, 0.3) is 10.9 Å². The van der Waals surface area contributed by atoms with Crippen molar-refractivity contribution in [1.82, 2.24) is 4.98 Å². The Morgan fingerprint density at radius 1 is 1.43 bits per heavy atom. The van der Waals surface area contributed by atoms with Crippen LogP contribution in [0.4, 0.5) is 0 Å². The Hall–Kier alpha value is -1.13. The molecule has 0 aliphatic rings. The summed E-state index contributed by atoms with van der Waals surface area (Å²) in [6, 6.07) is 5.42. The van der Waals surface area contributed by atoms with E-state index in [1.807, 2.05) is 12.1 Å². The SMILES string of the molecule is O=c1c(CO)c[nH]c2ccc(Br)cc12. The van der Waals surface area contributed by atoms with Gasteiger partial charge in [-0.15, -0.1) is 0 Å². The summed E-state index contributed by atoms with van der Waals surface area (Å²) in [5.74, 6) is 0. The molecule has 0 fully saturated rings. The number of nitrogens with one attached hydrogen (secondary N) is 1. The zero-order valence-corrected chi connectivity index (χ0v) is 8.84. The molecule has 3 nitrogen and oxygen atoms in total. The van der Waals surface area contributed by atoms with Crippen LogP contribution in [0.1, 0.15) is 5.56 Å². The molecule has 2 N–H and O–H groups in total. The highest BCUT2D eigenvalue weighted by atomic mass is 79.9. The highest BCUT2D eigenvalue weighted by Gasteiger charge is 2.03. The van der Waals surface area contributed by atoms with Crippen LogP contribution >= 0.6 is 15.9 Å². The third-order valence-corrected chi connectivity index (χ3v) is 2.58. The Labute approximate surface area is 88.5 Å². The summed E-state index contributed by atoms with van der Waals surface area (Å²) in [6.07, 6.45) is 1.54. The first-order valence-corrected chi connectivity index (χ1v) is 4.92. The molecule has 2 rings (SSSR count). The normalized spacial score (nSPS) is 10.7. The first kappa shape index (κ1) is 9.43. The van der Waals surface area contributed by atoms with E-state index in [4.69, 9.17) is 5.11 Å². The second-order valence-electron chi connectivity index (χ2n) is 2.99. The molecular weight excluding hydrogens is 246 g/mol. The van der Waals surface area contributed by atoms with Crippen molar-refractivity contribution in [2.75, 3.05) is 0 Å². The number of hydrogen-bond acceptors (Lipinski definition) is 2. The van der Waals surface area contributed by atoms with Gasteiger partial charge in [0.25, 0.3) is 0 Å². The Bertz CT molecular complexity index is 533. The van der Waals surface area contributed by atoms with Gasteiger partial charge in [0, 0.05) is 27.1 Å². The van der Waals surface area contributed by atoms with E-state index in [-0.39, 0.29) is 12.0 Å². The lowest BCUT2D eigenvalue weighted by Crippen LogP contribution is -2.09. The van der Waals surface area contributed by atoms with E-state index >= 15 is 0 Å². The van der Waals surface area contributed by atoms with Gasteiger partial charge in [-0.2, -0.15) is 0 Å². The van der Waals surface area contributed by atoms with Gasteiger partial charge in [-0.3, -0.25) is 4.79 Å². The van der Waals surface area contributed by atoms with E-state index in [1.54, 1.807) is 12.3 Å². The minimum Gasteiger partial charge on any atom is -0.391 e. The van der Waals surface area contributed by atoms with Gasteiger partial charge in [-0.25, -0.2) is 0 Å². The number of benzene rings is 1. The Morgan fingerprint density at radius 3 is 2.93 bits per heavy atom. The second kappa shape index (κ2) is 3.55.